The van der Waals surface area contributed by atoms with Crippen molar-refractivity contribution >= 4 is 0 Å². The van der Waals surface area contributed by atoms with Crippen molar-refractivity contribution < 1.29 is 5.11 Å². The first kappa shape index (κ1) is 28.9. The fourth-order valence-electron chi connectivity index (χ4n) is 4.74. The topological polar surface area (TPSA) is 23.5 Å². The normalized spacial score (nSPS) is 14.3. The molecule has 2 heteroatoms. The highest BCUT2D eigenvalue weighted by Gasteiger charge is 2.16. The second-order valence-corrected chi connectivity index (χ2v) is 10.1. The summed E-state index contributed by atoms with van der Waals surface area (Å²) < 4.78 is 0. The Morgan fingerprint density at radius 3 is 1.59 bits per heavy atom. The number of nitrogens with zero attached hydrogens (tertiary/aromatic N) is 1. The van der Waals surface area contributed by atoms with Crippen molar-refractivity contribution in [3.05, 3.63) is 0 Å². The Kier molecular flexibility index (Phi) is 19.8. The molecule has 0 aromatic rings. The monoisotopic (exact) mass is 411 g/mol. The van der Waals surface area contributed by atoms with Crippen LogP contribution in [-0.4, -0.2) is 34.7 Å². The van der Waals surface area contributed by atoms with Gasteiger partial charge in [0.1, 0.15) is 0 Å². The molecule has 2 nitrogen and oxygen atoms in total. The Bertz CT molecular complexity index is 320. The fraction of sp³-hybridized carbons (Fsp3) is 1.00. The molecule has 0 aliphatic carbocycles. The smallest absolute Gasteiger partial charge is 0.0542 e. The van der Waals surface area contributed by atoms with E-state index in [1.165, 1.54) is 96.4 Å². The van der Waals surface area contributed by atoms with Gasteiger partial charge in [0.2, 0.25) is 0 Å². The van der Waals surface area contributed by atoms with Crippen LogP contribution in [0.3, 0.4) is 0 Å². The number of hydrogen-bond acceptors (Lipinski definition) is 2. The minimum Gasteiger partial charge on any atom is -0.393 e. The van der Waals surface area contributed by atoms with Gasteiger partial charge < -0.3 is 5.11 Å². The average Bonchev–Trinajstić information content (AvgIpc) is 2.66. The van der Waals surface area contributed by atoms with E-state index >= 15 is 0 Å². The van der Waals surface area contributed by atoms with Gasteiger partial charge in [-0.1, -0.05) is 97.3 Å². The van der Waals surface area contributed by atoms with E-state index in [0.29, 0.717) is 12.1 Å². The van der Waals surface area contributed by atoms with Crippen LogP contribution in [0.15, 0.2) is 0 Å². The first-order valence-corrected chi connectivity index (χ1v) is 13.4. The Morgan fingerprint density at radius 2 is 1.03 bits per heavy atom. The SMILES string of the molecule is CCCCCCCCC(CCCCN(C(C)C)C(C)C)CC(O)CCCCCC. The van der Waals surface area contributed by atoms with Gasteiger partial charge in [0.15, 0.2) is 0 Å². The van der Waals surface area contributed by atoms with E-state index in [0.717, 1.165) is 18.8 Å². The average molecular weight is 412 g/mol. The van der Waals surface area contributed by atoms with Crippen molar-refractivity contribution in [2.45, 2.75) is 162 Å². The lowest BCUT2D eigenvalue weighted by Crippen LogP contribution is -2.37. The number of unbranched alkanes of at least 4 members (excludes halogenated alkanes) is 9. The third-order valence-corrected chi connectivity index (χ3v) is 6.57. The fourth-order valence-corrected chi connectivity index (χ4v) is 4.74. The number of aliphatic hydroxyl groups excluding tert-OH is 1. The third kappa shape index (κ3) is 17.3. The molecular weight excluding hydrogens is 354 g/mol. The molecule has 29 heavy (non-hydrogen) atoms. The van der Waals surface area contributed by atoms with Gasteiger partial charge in [-0.05, 0) is 59.4 Å². The van der Waals surface area contributed by atoms with E-state index in [-0.39, 0.29) is 6.10 Å². The third-order valence-electron chi connectivity index (χ3n) is 6.57. The quantitative estimate of drug-likeness (QED) is 0.192. The molecule has 2 atom stereocenters. The summed E-state index contributed by atoms with van der Waals surface area (Å²) in [5.41, 5.74) is 0. The van der Waals surface area contributed by atoms with Crippen molar-refractivity contribution in [1.82, 2.24) is 4.90 Å². The maximum Gasteiger partial charge on any atom is 0.0542 e. The molecule has 0 saturated carbocycles. The number of hydrogen-bond donors (Lipinski definition) is 1. The molecular formula is C27H57NO. The number of rotatable bonds is 21. The van der Waals surface area contributed by atoms with Gasteiger partial charge in [0.25, 0.3) is 0 Å². The Labute approximate surface area is 185 Å². The summed E-state index contributed by atoms with van der Waals surface area (Å²) >= 11 is 0. The molecule has 0 aliphatic heterocycles. The standard InChI is InChI=1S/C27H57NO/c1-7-9-11-13-14-15-19-26(23-27(29)21-16-12-10-8-2)20-17-18-22-28(24(3)4)25(5)6/h24-27,29H,7-23H2,1-6H3. The lowest BCUT2D eigenvalue weighted by Gasteiger charge is -2.30. The summed E-state index contributed by atoms with van der Waals surface area (Å²) in [6.45, 7) is 15.0. The predicted octanol–water partition coefficient (Wildman–Crippen LogP) is 8.36. The summed E-state index contributed by atoms with van der Waals surface area (Å²) in [7, 11) is 0. The summed E-state index contributed by atoms with van der Waals surface area (Å²) in [6, 6.07) is 1.28. The van der Waals surface area contributed by atoms with E-state index in [9.17, 15) is 5.11 Å². The molecule has 0 spiro atoms. The minimum absolute atomic E-state index is 0.0697. The van der Waals surface area contributed by atoms with Crippen LogP contribution in [-0.2, 0) is 0 Å². The molecule has 176 valence electrons. The summed E-state index contributed by atoms with van der Waals surface area (Å²) in [5.74, 6) is 0.730. The first-order valence-electron chi connectivity index (χ1n) is 13.4. The molecule has 0 amide bonds. The highest BCUT2D eigenvalue weighted by Crippen LogP contribution is 2.24. The maximum absolute atomic E-state index is 10.6. The second kappa shape index (κ2) is 19.9. The zero-order valence-electron chi connectivity index (χ0n) is 21.2. The van der Waals surface area contributed by atoms with E-state index in [1.54, 1.807) is 0 Å². The highest BCUT2D eigenvalue weighted by atomic mass is 16.3. The van der Waals surface area contributed by atoms with Crippen LogP contribution in [0.5, 0.6) is 0 Å². The highest BCUT2D eigenvalue weighted by molar-refractivity contribution is 4.70. The zero-order chi connectivity index (χ0) is 21.9. The predicted molar refractivity (Wildman–Crippen MR) is 132 cm³/mol. The molecule has 2 unspecified atom stereocenters. The molecule has 0 saturated heterocycles. The van der Waals surface area contributed by atoms with Gasteiger partial charge in [0.05, 0.1) is 6.10 Å². The van der Waals surface area contributed by atoms with Crippen molar-refractivity contribution in [3.8, 4) is 0 Å². The van der Waals surface area contributed by atoms with E-state index < -0.39 is 0 Å². The van der Waals surface area contributed by atoms with Gasteiger partial charge >= 0.3 is 0 Å². The molecule has 0 heterocycles. The molecule has 0 radical (unpaired) electrons. The van der Waals surface area contributed by atoms with Crippen LogP contribution in [0, 0.1) is 5.92 Å². The van der Waals surface area contributed by atoms with Crippen molar-refractivity contribution in [1.29, 1.82) is 0 Å². The Hall–Kier alpha value is -0.0800. The number of aliphatic hydroxyl groups is 1. The van der Waals surface area contributed by atoms with Gasteiger partial charge in [-0.25, -0.2) is 0 Å². The van der Waals surface area contributed by atoms with E-state index in [1.807, 2.05) is 0 Å². The molecule has 0 fully saturated rings. The minimum atomic E-state index is -0.0697. The van der Waals surface area contributed by atoms with Crippen molar-refractivity contribution in [2.75, 3.05) is 6.54 Å². The summed E-state index contributed by atoms with van der Waals surface area (Å²) in [6.07, 6.45) is 20.6. The van der Waals surface area contributed by atoms with Crippen LogP contribution < -0.4 is 0 Å². The second-order valence-electron chi connectivity index (χ2n) is 10.1. The van der Waals surface area contributed by atoms with Gasteiger partial charge in [-0.2, -0.15) is 0 Å². The van der Waals surface area contributed by atoms with Crippen LogP contribution >= 0.6 is 0 Å². The molecule has 0 rings (SSSR count). The van der Waals surface area contributed by atoms with Crippen molar-refractivity contribution in [2.24, 2.45) is 5.92 Å². The molecule has 0 aromatic carbocycles. The van der Waals surface area contributed by atoms with Crippen LogP contribution in [0.1, 0.15) is 144 Å². The van der Waals surface area contributed by atoms with Gasteiger partial charge in [-0.15, -0.1) is 0 Å². The van der Waals surface area contributed by atoms with E-state index in [2.05, 4.69) is 46.4 Å². The molecule has 0 aliphatic rings. The van der Waals surface area contributed by atoms with Gasteiger partial charge in [0, 0.05) is 12.1 Å². The lowest BCUT2D eigenvalue weighted by molar-refractivity contribution is 0.122. The van der Waals surface area contributed by atoms with E-state index in [4.69, 9.17) is 0 Å². The van der Waals surface area contributed by atoms with Crippen molar-refractivity contribution in [3.63, 3.8) is 0 Å². The molecule has 0 bridgehead atoms. The first-order chi connectivity index (χ1) is 13.9. The zero-order valence-corrected chi connectivity index (χ0v) is 21.2. The Balaban J connectivity index is 4.28. The summed E-state index contributed by atoms with van der Waals surface area (Å²) in [5, 5.41) is 10.6. The van der Waals surface area contributed by atoms with Crippen LogP contribution in [0.25, 0.3) is 0 Å². The molecule has 0 aromatic heterocycles. The summed E-state index contributed by atoms with van der Waals surface area (Å²) in [4.78, 5) is 2.62. The lowest BCUT2D eigenvalue weighted by atomic mass is 9.88. The largest absolute Gasteiger partial charge is 0.393 e. The molecule has 1 N–H and O–H groups in total. The Morgan fingerprint density at radius 1 is 0.586 bits per heavy atom. The maximum atomic E-state index is 10.6. The van der Waals surface area contributed by atoms with Crippen LogP contribution in [0.2, 0.25) is 0 Å². The van der Waals surface area contributed by atoms with Gasteiger partial charge in [-0.3, -0.25) is 4.90 Å². The van der Waals surface area contributed by atoms with Crippen LogP contribution in [0.4, 0.5) is 0 Å².